The monoisotopic (exact) mass is 666 g/mol. The predicted molar refractivity (Wildman–Crippen MR) is 156 cm³/mol. The average Bonchev–Trinajstić information content (AvgIpc) is 3.50. The van der Waals surface area contributed by atoms with Crippen LogP contribution in [-0.4, -0.2) is 87.4 Å². The summed E-state index contributed by atoms with van der Waals surface area (Å²) in [6.07, 6.45) is 2.51. The van der Waals surface area contributed by atoms with Crippen LogP contribution >= 0.6 is 11.3 Å². The first-order valence-corrected chi connectivity index (χ1v) is 15.9. The van der Waals surface area contributed by atoms with E-state index in [0.717, 1.165) is 42.2 Å². The molecule has 2 aliphatic heterocycles. The Labute approximate surface area is 261 Å². The number of ether oxygens (including phenoxy) is 1. The third-order valence-electron chi connectivity index (χ3n) is 7.76. The van der Waals surface area contributed by atoms with Crippen molar-refractivity contribution >= 4 is 55.9 Å². The number of nitrogens with one attached hydrogen (secondary N) is 1. The highest BCUT2D eigenvalue weighted by Crippen LogP contribution is 2.40. The lowest BCUT2D eigenvalue weighted by atomic mass is 9.74. The van der Waals surface area contributed by atoms with Crippen LogP contribution < -0.4 is 20.2 Å². The van der Waals surface area contributed by atoms with Gasteiger partial charge in [0.15, 0.2) is 22.4 Å². The largest absolute Gasteiger partial charge is 0.485 e. The number of nitrogens with zero attached hydrogens (tertiary/aromatic N) is 5. The molecular formula is C26H32N7O10S2+. The Morgan fingerprint density at radius 1 is 1.31 bits per heavy atom. The molecule has 17 nitrogen and oxygen atoms in total. The summed E-state index contributed by atoms with van der Waals surface area (Å²) >= 11 is 0.995. The van der Waals surface area contributed by atoms with Gasteiger partial charge in [0.1, 0.15) is 30.4 Å². The van der Waals surface area contributed by atoms with E-state index in [2.05, 4.69) is 24.3 Å². The molecule has 1 unspecified atom stereocenters. The number of imidazole rings is 1. The number of aliphatic carboxylic acids is 1. The number of rotatable bonds is 14. The minimum atomic E-state index is -4.98. The zero-order valence-corrected chi connectivity index (χ0v) is 26.1. The molecular weight excluding hydrogens is 634 g/mol. The van der Waals surface area contributed by atoms with E-state index in [4.69, 9.17) is 19.9 Å². The number of nitrogen functional groups attached to an aromatic ring is 1. The molecule has 5 rings (SSSR count). The van der Waals surface area contributed by atoms with Crippen LogP contribution in [0.4, 0.5) is 5.13 Å². The van der Waals surface area contributed by atoms with E-state index in [1.807, 2.05) is 23.7 Å². The van der Waals surface area contributed by atoms with Gasteiger partial charge in [-0.1, -0.05) is 5.16 Å². The maximum absolute atomic E-state index is 13.3. The number of fused-ring (bicyclic) bond motifs is 1. The lowest BCUT2D eigenvalue weighted by molar-refractivity contribution is -0.511. The SMILES string of the molecule is Cn1c(CC2CNC2)c[n+]2cc(OCC(O/N=C(\C(=O)C[C@@H]3C(=O)N(OS(=O)(=O)O)C3(C)C)c3csc(N)n3)C(=O)O)ccc12. The lowest BCUT2D eigenvalue weighted by Gasteiger charge is -2.50. The van der Waals surface area contributed by atoms with E-state index in [-0.39, 0.29) is 10.8 Å². The first kappa shape index (κ1) is 32.2. The van der Waals surface area contributed by atoms with Gasteiger partial charge in [-0.05, 0) is 38.9 Å². The van der Waals surface area contributed by atoms with E-state index in [9.17, 15) is 27.9 Å². The minimum Gasteiger partial charge on any atom is -0.485 e. The molecule has 2 fully saturated rings. The van der Waals surface area contributed by atoms with Crippen LogP contribution in [-0.2, 0) is 47.4 Å². The van der Waals surface area contributed by atoms with Crippen LogP contribution in [0.2, 0.25) is 0 Å². The highest BCUT2D eigenvalue weighted by molar-refractivity contribution is 7.80. The van der Waals surface area contributed by atoms with Gasteiger partial charge in [0.05, 0.1) is 18.5 Å². The number of anilines is 1. The number of amides is 1. The number of carbonyl (C=O) groups excluding carboxylic acids is 2. The predicted octanol–water partition coefficient (Wildman–Crippen LogP) is -0.252. The fourth-order valence-corrected chi connectivity index (χ4v) is 6.06. The van der Waals surface area contributed by atoms with E-state index < -0.39 is 64.4 Å². The molecule has 1 amide bonds. The molecule has 45 heavy (non-hydrogen) atoms. The van der Waals surface area contributed by atoms with Gasteiger partial charge in [-0.2, -0.15) is 17.9 Å². The number of aryl methyl sites for hydroxylation is 1. The summed E-state index contributed by atoms with van der Waals surface area (Å²) in [5.74, 6) is -3.17. The number of aromatic nitrogens is 3. The number of hydrogen-bond donors (Lipinski definition) is 4. The number of β-lactam (4-membered cyclic amide) rings is 1. The molecule has 2 atom stereocenters. The van der Waals surface area contributed by atoms with Crippen molar-refractivity contribution in [1.29, 1.82) is 0 Å². The molecule has 0 radical (unpaired) electrons. The van der Waals surface area contributed by atoms with Crippen LogP contribution in [0.25, 0.3) is 5.65 Å². The lowest BCUT2D eigenvalue weighted by Crippen LogP contribution is -2.68. The second-order valence-electron chi connectivity index (χ2n) is 11.3. The summed E-state index contributed by atoms with van der Waals surface area (Å²) in [5, 5.41) is 18.8. The molecule has 5 heterocycles. The number of oxime groups is 1. The van der Waals surface area contributed by atoms with Crippen LogP contribution in [0.15, 0.2) is 35.1 Å². The third-order valence-corrected chi connectivity index (χ3v) is 8.77. The number of hydroxylamine groups is 2. The van der Waals surface area contributed by atoms with Gasteiger partial charge in [-0.15, -0.1) is 15.6 Å². The molecule has 3 aromatic heterocycles. The van der Waals surface area contributed by atoms with Crippen LogP contribution in [0.1, 0.15) is 31.7 Å². The third kappa shape index (κ3) is 6.91. The number of ketones is 1. The highest BCUT2D eigenvalue weighted by Gasteiger charge is 2.57. The van der Waals surface area contributed by atoms with Gasteiger partial charge in [-0.25, -0.2) is 14.3 Å². The number of nitrogens with two attached hydrogens (primary N) is 1. The molecule has 0 spiro atoms. The van der Waals surface area contributed by atoms with Crippen LogP contribution in [0.3, 0.4) is 0 Å². The Balaban J connectivity index is 1.29. The zero-order valence-electron chi connectivity index (χ0n) is 24.4. The van der Waals surface area contributed by atoms with Gasteiger partial charge in [0.2, 0.25) is 0 Å². The number of Topliss-reactive ketones (excluding diaryl/α,β-unsaturated/α-hetero) is 1. The number of carboxylic acids is 1. The number of thiazole rings is 1. The van der Waals surface area contributed by atoms with E-state index >= 15 is 0 Å². The minimum absolute atomic E-state index is 0.0115. The fourth-order valence-electron chi connectivity index (χ4n) is 5.06. The standard InChI is InChI=1S/C26H31N7O10S2/c1-26(2)17(23(35)33(26)43-45(38,39)40)7-19(34)22(18-13-44-25(27)29-18)30-42-20(24(36)37)12-41-16-4-5-21-31(3)15(10-32(21)11-16)6-14-8-28-9-14/h4-5,10-11,13-14,17,20,28H,6-9,12H2,1-3H3,(H3-,27,29,36,37,38,39,40)/p+1/b30-22-/t17-,20?/m1/s1. The number of hydrogen-bond acceptors (Lipinski definition) is 13. The molecule has 242 valence electrons. The van der Waals surface area contributed by atoms with E-state index in [1.165, 1.54) is 19.2 Å². The van der Waals surface area contributed by atoms with Crippen LogP contribution in [0.5, 0.6) is 5.75 Å². The van der Waals surface area contributed by atoms with Crippen molar-refractivity contribution in [3.63, 3.8) is 0 Å². The molecule has 0 aromatic carbocycles. The molecule has 0 saturated carbocycles. The maximum Gasteiger partial charge on any atom is 0.418 e. The van der Waals surface area contributed by atoms with Gasteiger partial charge in [0, 0.05) is 24.3 Å². The van der Waals surface area contributed by atoms with Gasteiger partial charge >= 0.3 is 16.4 Å². The second-order valence-corrected chi connectivity index (χ2v) is 13.2. The number of pyridine rings is 1. The van der Waals surface area contributed by atoms with Crippen molar-refractivity contribution in [3.8, 4) is 5.75 Å². The van der Waals surface area contributed by atoms with E-state index in [1.54, 1.807) is 12.3 Å². The first-order valence-electron chi connectivity index (χ1n) is 13.7. The topological polar surface area (TPSA) is 229 Å². The zero-order chi connectivity index (χ0) is 32.7. The van der Waals surface area contributed by atoms with Crippen molar-refractivity contribution in [1.82, 2.24) is 19.9 Å². The maximum atomic E-state index is 13.3. The van der Waals surface area contributed by atoms with Crippen molar-refractivity contribution in [2.45, 2.75) is 38.3 Å². The summed E-state index contributed by atoms with van der Waals surface area (Å²) in [6, 6.07) is 3.55. The summed E-state index contributed by atoms with van der Waals surface area (Å²) in [7, 11) is -3.01. The van der Waals surface area contributed by atoms with Crippen molar-refractivity contribution in [2.24, 2.45) is 24.0 Å². The molecule has 2 saturated heterocycles. The molecule has 19 heteroatoms. The number of carboxylic acid groups (broad SMARTS) is 1. The van der Waals surface area contributed by atoms with Crippen molar-refractivity contribution < 1.29 is 50.7 Å². The Hall–Kier alpha value is -4.17. The average molecular weight is 667 g/mol. The van der Waals surface area contributed by atoms with Crippen molar-refractivity contribution in [2.75, 3.05) is 25.4 Å². The molecule has 2 aliphatic rings. The molecule has 0 bridgehead atoms. The van der Waals surface area contributed by atoms with E-state index in [0.29, 0.717) is 16.7 Å². The Morgan fingerprint density at radius 3 is 2.62 bits per heavy atom. The number of carbonyl (C=O) groups is 3. The fraction of sp³-hybridized carbons (Fsp3) is 0.462. The summed E-state index contributed by atoms with van der Waals surface area (Å²) in [6.45, 7) is 4.35. The Kier molecular flexibility index (Phi) is 8.82. The normalized spacial score (nSPS) is 19.2. The highest BCUT2D eigenvalue weighted by atomic mass is 32.3. The quantitative estimate of drug-likeness (QED) is 0.0573. The first-order chi connectivity index (χ1) is 21.1. The Morgan fingerprint density at radius 2 is 2.04 bits per heavy atom. The van der Waals surface area contributed by atoms with Gasteiger partial charge < -0.3 is 25.7 Å². The van der Waals surface area contributed by atoms with Gasteiger partial charge in [0.25, 0.3) is 17.7 Å². The smallest absolute Gasteiger partial charge is 0.418 e. The molecule has 5 N–H and O–H groups in total. The second kappa shape index (κ2) is 12.3. The molecule has 0 aliphatic carbocycles. The van der Waals surface area contributed by atoms with Crippen LogP contribution in [0, 0.1) is 11.8 Å². The molecule has 3 aromatic rings. The van der Waals surface area contributed by atoms with Crippen molar-refractivity contribution in [3.05, 3.63) is 41.3 Å². The summed E-state index contributed by atoms with van der Waals surface area (Å²) < 4.78 is 45.2. The Bertz CT molecular complexity index is 1780. The summed E-state index contributed by atoms with van der Waals surface area (Å²) in [4.78, 5) is 47.2. The summed E-state index contributed by atoms with van der Waals surface area (Å²) in [5.41, 5.74) is 6.07. The van der Waals surface area contributed by atoms with Gasteiger partial charge in [-0.3, -0.25) is 14.1 Å².